The number of carboxylic acid groups (broad SMARTS) is 1. The summed E-state index contributed by atoms with van der Waals surface area (Å²) in [5, 5.41) is 20.2. The summed E-state index contributed by atoms with van der Waals surface area (Å²) >= 11 is 0. The van der Waals surface area contributed by atoms with E-state index in [0.29, 0.717) is 17.8 Å². The van der Waals surface area contributed by atoms with Gasteiger partial charge in [-0.05, 0) is 24.1 Å². The van der Waals surface area contributed by atoms with Gasteiger partial charge in [0.1, 0.15) is 0 Å². The van der Waals surface area contributed by atoms with Gasteiger partial charge in [0.2, 0.25) is 0 Å². The van der Waals surface area contributed by atoms with E-state index in [1.165, 1.54) is 6.20 Å². The number of amides is 2. The van der Waals surface area contributed by atoms with Gasteiger partial charge in [-0.2, -0.15) is 5.10 Å². The molecule has 1 aromatic heterocycles. The van der Waals surface area contributed by atoms with E-state index in [0.717, 1.165) is 5.56 Å². The van der Waals surface area contributed by atoms with Crippen molar-refractivity contribution in [3.05, 3.63) is 42.2 Å². The van der Waals surface area contributed by atoms with Crippen molar-refractivity contribution in [3.8, 4) is 0 Å². The molecule has 0 fully saturated rings. The lowest BCUT2D eigenvalue weighted by molar-refractivity contribution is -0.136. The van der Waals surface area contributed by atoms with E-state index in [4.69, 9.17) is 5.11 Å². The predicted molar refractivity (Wildman–Crippen MR) is 73.6 cm³/mol. The maximum atomic E-state index is 11.6. The minimum absolute atomic E-state index is 0.0910. The monoisotopic (exact) mass is 274 g/mol. The van der Waals surface area contributed by atoms with Crippen LogP contribution in [0.3, 0.4) is 0 Å². The summed E-state index contributed by atoms with van der Waals surface area (Å²) in [6.45, 7) is 0. The van der Waals surface area contributed by atoms with E-state index in [1.54, 1.807) is 30.5 Å². The molecule has 0 atom stereocenters. The van der Waals surface area contributed by atoms with E-state index < -0.39 is 5.97 Å². The Labute approximate surface area is 115 Å². The number of H-pyrrole nitrogens is 1. The Hall–Kier alpha value is -2.83. The molecule has 7 heteroatoms. The molecule has 2 rings (SSSR count). The molecule has 2 amide bonds. The Kier molecular flexibility index (Phi) is 4.33. The van der Waals surface area contributed by atoms with E-state index >= 15 is 0 Å². The second-order valence-electron chi connectivity index (χ2n) is 4.16. The number of aliphatic carboxylic acids is 1. The summed E-state index contributed by atoms with van der Waals surface area (Å²) in [5.41, 5.74) is 2.11. The average molecular weight is 274 g/mol. The molecule has 0 aliphatic rings. The number of urea groups is 1. The molecule has 0 unspecified atom stereocenters. The first-order chi connectivity index (χ1) is 9.63. The minimum atomic E-state index is -0.827. The summed E-state index contributed by atoms with van der Waals surface area (Å²) in [6.07, 6.45) is 3.62. The highest BCUT2D eigenvalue weighted by atomic mass is 16.4. The maximum absolute atomic E-state index is 11.6. The lowest BCUT2D eigenvalue weighted by Gasteiger charge is -2.06. The molecule has 0 bridgehead atoms. The van der Waals surface area contributed by atoms with Crippen LogP contribution in [0.4, 0.5) is 16.2 Å². The molecular weight excluding hydrogens is 260 g/mol. The minimum Gasteiger partial charge on any atom is -0.481 e. The van der Waals surface area contributed by atoms with Crippen LogP contribution in [0.2, 0.25) is 0 Å². The molecule has 104 valence electrons. The molecule has 7 nitrogen and oxygen atoms in total. The average Bonchev–Trinajstić information content (AvgIpc) is 2.90. The van der Waals surface area contributed by atoms with Crippen molar-refractivity contribution in [2.24, 2.45) is 0 Å². The summed E-state index contributed by atoms with van der Waals surface area (Å²) in [5.74, 6) is -0.827. The summed E-state index contributed by atoms with van der Waals surface area (Å²) in [4.78, 5) is 22.1. The van der Waals surface area contributed by atoms with Gasteiger partial charge in [-0.15, -0.1) is 0 Å². The number of carbonyl (C=O) groups excluding carboxylic acids is 1. The van der Waals surface area contributed by atoms with Crippen LogP contribution in [0.5, 0.6) is 0 Å². The smallest absolute Gasteiger partial charge is 0.323 e. The van der Waals surface area contributed by atoms with Gasteiger partial charge in [-0.25, -0.2) is 4.79 Å². The van der Waals surface area contributed by atoms with Crippen molar-refractivity contribution in [3.63, 3.8) is 0 Å². The second kappa shape index (κ2) is 6.37. The van der Waals surface area contributed by atoms with Crippen LogP contribution in [0.15, 0.2) is 36.7 Å². The Morgan fingerprint density at radius 3 is 2.45 bits per heavy atom. The first kappa shape index (κ1) is 13.6. The molecule has 0 radical (unpaired) electrons. The molecule has 20 heavy (non-hydrogen) atoms. The molecule has 1 heterocycles. The molecule has 0 saturated heterocycles. The molecule has 0 spiro atoms. The number of aryl methyl sites for hydroxylation is 1. The van der Waals surface area contributed by atoms with Crippen LogP contribution in [0, 0.1) is 0 Å². The van der Waals surface area contributed by atoms with Gasteiger partial charge in [0, 0.05) is 18.3 Å². The Balaban J connectivity index is 1.86. The van der Waals surface area contributed by atoms with Gasteiger partial charge in [0.05, 0.1) is 11.9 Å². The molecule has 4 N–H and O–H groups in total. The number of nitrogens with zero attached hydrogens (tertiary/aromatic N) is 1. The summed E-state index contributed by atoms with van der Waals surface area (Å²) in [6, 6.07) is 6.66. The number of hydrogen-bond acceptors (Lipinski definition) is 3. The van der Waals surface area contributed by atoms with Crippen LogP contribution in [-0.4, -0.2) is 27.3 Å². The van der Waals surface area contributed by atoms with Gasteiger partial charge in [-0.3, -0.25) is 9.89 Å². The third-order valence-electron chi connectivity index (χ3n) is 2.60. The van der Waals surface area contributed by atoms with E-state index in [1.807, 2.05) is 0 Å². The summed E-state index contributed by atoms with van der Waals surface area (Å²) < 4.78 is 0. The number of benzene rings is 1. The van der Waals surface area contributed by atoms with Crippen LogP contribution in [0.1, 0.15) is 12.0 Å². The maximum Gasteiger partial charge on any atom is 0.323 e. The fourth-order valence-corrected chi connectivity index (χ4v) is 1.62. The highest BCUT2D eigenvalue weighted by Gasteiger charge is 2.04. The Morgan fingerprint density at radius 2 is 1.85 bits per heavy atom. The van der Waals surface area contributed by atoms with E-state index in [-0.39, 0.29) is 12.5 Å². The van der Waals surface area contributed by atoms with E-state index in [9.17, 15) is 9.59 Å². The number of aromatic amines is 1. The number of anilines is 2. The topological polar surface area (TPSA) is 107 Å². The van der Waals surface area contributed by atoms with Crippen molar-refractivity contribution >= 4 is 23.4 Å². The van der Waals surface area contributed by atoms with Gasteiger partial charge in [0.25, 0.3) is 0 Å². The molecule has 0 aliphatic heterocycles. The third-order valence-corrected chi connectivity index (χ3v) is 2.60. The Morgan fingerprint density at radius 1 is 1.15 bits per heavy atom. The zero-order chi connectivity index (χ0) is 14.4. The fraction of sp³-hybridized carbons (Fsp3) is 0.154. The number of carbonyl (C=O) groups is 2. The van der Waals surface area contributed by atoms with Crippen molar-refractivity contribution in [2.45, 2.75) is 12.8 Å². The van der Waals surface area contributed by atoms with Gasteiger partial charge < -0.3 is 15.7 Å². The van der Waals surface area contributed by atoms with Crippen molar-refractivity contribution in [2.75, 3.05) is 10.6 Å². The highest BCUT2D eigenvalue weighted by Crippen LogP contribution is 2.12. The highest BCUT2D eigenvalue weighted by molar-refractivity contribution is 5.99. The fourth-order valence-electron chi connectivity index (χ4n) is 1.62. The quantitative estimate of drug-likeness (QED) is 0.669. The first-order valence-electron chi connectivity index (χ1n) is 6.01. The van der Waals surface area contributed by atoms with Crippen LogP contribution < -0.4 is 10.6 Å². The van der Waals surface area contributed by atoms with Crippen LogP contribution >= 0.6 is 0 Å². The van der Waals surface area contributed by atoms with Crippen LogP contribution in [0.25, 0.3) is 0 Å². The zero-order valence-electron chi connectivity index (χ0n) is 10.6. The van der Waals surface area contributed by atoms with Gasteiger partial charge in [0.15, 0.2) is 0 Å². The standard InChI is InChI=1S/C13H14N4O3/c18-12(19)6-3-9-1-4-10(5-2-9)16-13(20)17-11-7-14-15-8-11/h1-2,4-5,7-8H,3,6H2,(H,14,15)(H,18,19)(H2,16,17,20). The number of rotatable bonds is 5. The zero-order valence-corrected chi connectivity index (χ0v) is 10.6. The number of aromatic nitrogens is 2. The number of hydrogen-bond donors (Lipinski definition) is 4. The van der Waals surface area contributed by atoms with E-state index in [2.05, 4.69) is 20.8 Å². The predicted octanol–water partition coefficient (Wildman–Crippen LogP) is 2.07. The molecule has 0 saturated carbocycles. The van der Waals surface area contributed by atoms with Crippen molar-refractivity contribution in [1.82, 2.24) is 10.2 Å². The van der Waals surface area contributed by atoms with Crippen molar-refractivity contribution < 1.29 is 14.7 Å². The molecule has 0 aliphatic carbocycles. The summed E-state index contributed by atoms with van der Waals surface area (Å²) in [7, 11) is 0. The number of carboxylic acids is 1. The molecule has 1 aromatic carbocycles. The van der Waals surface area contributed by atoms with Crippen molar-refractivity contribution in [1.29, 1.82) is 0 Å². The Bertz CT molecular complexity index is 578. The first-order valence-corrected chi connectivity index (χ1v) is 6.01. The lowest BCUT2D eigenvalue weighted by Crippen LogP contribution is -2.19. The second-order valence-corrected chi connectivity index (χ2v) is 4.16. The normalized spacial score (nSPS) is 10.0. The lowest BCUT2D eigenvalue weighted by atomic mass is 10.1. The van der Waals surface area contributed by atoms with Gasteiger partial charge >= 0.3 is 12.0 Å². The number of nitrogens with one attached hydrogen (secondary N) is 3. The van der Waals surface area contributed by atoms with Gasteiger partial charge in [-0.1, -0.05) is 12.1 Å². The molecule has 2 aromatic rings. The third kappa shape index (κ3) is 4.13. The molecular formula is C13H14N4O3. The SMILES string of the molecule is O=C(O)CCc1ccc(NC(=O)Nc2cn[nH]c2)cc1. The van der Waals surface area contributed by atoms with Crippen LogP contribution in [-0.2, 0) is 11.2 Å². The largest absolute Gasteiger partial charge is 0.481 e.